The largest absolute Gasteiger partial charge is 0.374 e. The molecule has 8 heteroatoms. The minimum absolute atomic E-state index is 0. The summed E-state index contributed by atoms with van der Waals surface area (Å²) in [5.41, 5.74) is 1.17. The molecule has 0 aliphatic carbocycles. The lowest BCUT2D eigenvalue weighted by atomic mass is 10.1. The first-order valence-corrected chi connectivity index (χ1v) is 10.7. The van der Waals surface area contributed by atoms with Crippen LogP contribution in [0, 0.1) is 0 Å². The number of sulfone groups is 1. The zero-order valence-electron chi connectivity index (χ0n) is 15.5. The van der Waals surface area contributed by atoms with Crippen LogP contribution in [0.1, 0.15) is 38.4 Å². The predicted molar refractivity (Wildman–Crippen MR) is 117 cm³/mol. The highest BCUT2D eigenvalue weighted by atomic mass is 127. The van der Waals surface area contributed by atoms with E-state index in [2.05, 4.69) is 27.8 Å². The van der Waals surface area contributed by atoms with Gasteiger partial charge in [-0.05, 0) is 32.3 Å². The van der Waals surface area contributed by atoms with Gasteiger partial charge in [-0.1, -0.05) is 30.3 Å². The van der Waals surface area contributed by atoms with Crippen LogP contribution in [0.5, 0.6) is 0 Å². The molecule has 26 heavy (non-hydrogen) atoms. The Morgan fingerprint density at radius 2 is 2.08 bits per heavy atom. The summed E-state index contributed by atoms with van der Waals surface area (Å²) in [6.07, 6.45) is 1.53. The fourth-order valence-corrected chi connectivity index (χ4v) is 4.43. The monoisotopic (exact) mass is 495 g/mol. The van der Waals surface area contributed by atoms with Crippen molar-refractivity contribution in [2.75, 3.05) is 31.2 Å². The van der Waals surface area contributed by atoms with Crippen LogP contribution in [0.15, 0.2) is 35.3 Å². The Morgan fingerprint density at radius 3 is 2.69 bits per heavy atom. The Labute approximate surface area is 174 Å². The van der Waals surface area contributed by atoms with E-state index in [1.54, 1.807) is 0 Å². The summed E-state index contributed by atoms with van der Waals surface area (Å²) in [6.45, 7) is 6.05. The molecule has 1 aliphatic heterocycles. The molecule has 0 bridgehead atoms. The summed E-state index contributed by atoms with van der Waals surface area (Å²) in [6, 6.07) is 10.1. The second-order valence-corrected chi connectivity index (χ2v) is 8.51. The van der Waals surface area contributed by atoms with Gasteiger partial charge in [-0.2, -0.15) is 0 Å². The second-order valence-electron chi connectivity index (χ2n) is 6.28. The number of nitrogens with one attached hydrogen (secondary N) is 2. The van der Waals surface area contributed by atoms with E-state index in [4.69, 9.17) is 4.74 Å². The summed E-state index contributed by atoms with van der Waals surface area (Å²) in [7, 11) is -2.89. The molecule has 1 aliphatic rings. The summed E-state index contributed by atoms with van der Waals surface area (Å²) < 4.78 is 28.9. The third-order valence-electron chi connectivity index (χ3n) is 4.13. The number of rotatable bonds is 8. The number of benzene rings is 1. The highest BCUT2D eigenvalue weighted by Crippen LogP contribution is 2.15. The number of aliphatic imine (C=N–C) groups is 1. The van der Waals surface area contributed by atoms with Crippen molar-refractivity contribution in [3.05, 3.63) is 35.9 Å². The zero-order chi connectivity index (χ0) is 18.1. The molecule has 2 N–H and O–H groups in total. The average Bonchev–Trinajstić information content (AvgIpc) is 2.94. The molecule has 6 nitrogen and oxygen atoms in total. The van der Waals surface area contributed by atoms with Gasteiger partial charge in [0.1, 0.15) is 0 Å². The Morgan fingerprint density at radius 1 is 1.35 bits per heavy atom. The van der Waals surface area contributed by atoms with Crippen LogP contribution in [0.25, 0.3) is 0 Å². The number of guanidine groups is 1. The molecule has 1 heterocycles. The van der Waals surface area contributed by atoms with Crippen molar-refractivity contribution in [2.24, 2.45) is 4.99 Å². The van der Waals surface area contributed by atoms with Gasteiger partial charge in [-0.15, -0.1) is 24.0 Å². The molecule has 0 saturated carbocycles. The van der Waals surface area contributed by atoms with E-state index >= 15 is 0 Å². The molecular weight excluding hydrogens is 465 g/mol. The molecule has 1 saturated heterocycles. The molecule has 0 amide bonds. The van der Waals surface area contributed by atoms with Crippen molar-refractivity contribution in [1.29, 1.82) is 0 Å². The van der Waals surface area contributed by atoms with Crippen LogP contribution in [-0.2, 0) is 14.6 Å². The van der Waals surface area contributed by atoms with E-state index < -0.39 is 9.84 Å². The summed E-state index contributed by atoms with van der Waals surface area (Å²) in [5.74, 6) is 1.13. The van der Waals surface area contributed by atoms with Gasteiger partial charge in [-0.25, -0.2) is 8.42 Å². The fourth-order valence-electron chi connectivity index (χ4n) is 2.76. The van der Waals surface area contributed by atoms with Crippen LogP contribution in [0.4, 0.5) is 0 Å². The Balaban J connectivity index is 0.00000338. The highest BCUT2D eigenvalue weighted by Gasteiger charge is 2.28. The first-order valence-electron chi connectivity index (χ1n) is 8.92. The second kappa shape index (κ2) is 11.8. The van der Waals surface area contributed by atoms with Gasteiger partial charge in [0.25, 0.3) is 0 Å². The summed E-state index contributed by atoms with van der Waals surface area (Å²) in [4.78, 5) is 4.51. The van der Waals surface area contributed by atoms with Crippen LogP contribution >= 0.6 is 24.0 Å². The summed E-state index contributed by atoms with van der Waals surface area (Å²) in [5, 5.41) is 6.38. The Bertz CT molecular complexity index is 653. The quantitative estimate of drug-likeness (QED) is 0.251. The number of halogens is 1. The first kappa shape index (κ1) is 23.2. The van der Waals surface area contributed by atoms with Gasteiger partial charge < -0.3 is 15.4 Å². The van der Waals surface area contributed by atoms with Crippen LogP contribution in [-0.4, -0.2) is 51.6 Å². The van der Waals surface area contributed by atoms with Gasteiger partial charge >= 0.3 is 0 Å². The van der Waals surface area contributed by atoms with E-state index in [1.165, 1.54) is 5.56 Å². The standard InChI is InChI=1S/C18H29N3O3S.HI/c1-3-19-18(21-17-10-13-25(22,23)14-17)20-11-7-12-24-15(2)16-8-5-4-6-9-16;/h4-6,8-9,15,17H,3,7,10-14H2,1-2H3,(H2,19,20,21);1H. The highest BCUT2D eigenvalue weighted by molar-refractivity contribution is 14.0. The minimum atomic E-state index is -2.89. The molecule has 1 aromatic rings. The number of ether oxygens (including phenoxy) is 1. The third kappa shape index (κ3) is 8.22. The summed E-state index contributed by atoms with van der Waals surface area (Å²) >= 11 is 0. The number of hydrogen-bond acceptors (Lipinski definition) is 4. The first-order chi connectivity index (χ1) is 12.0. The lowest BCUT2D eigenvalue weighted by Gasteiger charge is -2.16. The van der Waals surface area contributed by atoms with E-state index in [0.717, 1.165) is 13.0 Å². The third-order valence-corrected chi connectivity index (χ3v) is 5.89. The zero-order valence-corrected chi connectivity index (χ0v) is 18.6. The van der Waals surface area contributed by atoms with E-state index in [0.29, 0.717) is 25.5 Å². The molecule has 1 aromatic carbocycles. The maximum absolute atomic E-state index is 11.5. The van der Waals surface area contributed by atoms with Crippen molar-refractivity contribution < 1.29 is 13.2 Å². The maximum Gasteiger partial charge on any atom is 0.191 e. The molecule has 2 atom stereocenters. The van der Waals surface area contributed by atoms with Crippen molar-refractivity contribution in [2.45, 2.75) is 38.8 Å². The number of nitrogens with zero attached hydrogens (tertiary/aromatic N) is 1. The van der Waals surface area contributed by atoms with Crippen molar-refractivity contribution in [1.82, 2.24) is 10.6 Å². The number of hydrogen-bond donors (Lipinski definition) is 2. The van der Waals surface area contributed by atoms with Crippen LogP contribution in [0.3, 0.4) is 0 Å². The van der Waals surface area contributed by atoms with Gasteiger partial charge in [0, 0.05) is 25.7 Å². The van der Waals surface area contributed by atoms with E-state index in [1.807, 2.05) is 32.0 Å². The topological polar surface area (TPSA) is 79.8 Å². The lowest BCUT2D eigenvalue weighted by Crippen LogP contribution is -2.44. The SMILES string of the molecule is CCNC(=NCCCOC(C)c1ccccc1)NC1CCS(=O)(=O)C1.I. The van der Waals surface area contributed by atoms with E-state index in [-0.39, 0.29) is 47.6 Å². The maximum atomic E-state index is 11.5. The minimum Gasteiger partial charge on any atom is -0.374 e. The fraction of sp³-hybridized carbons (Fsp3) is 0.611. The molecule has 0 aromatic heterocycles. The van der Waals surface area contributed by atoms with Crippen LogP contribution < -0.4 is 10.6 Å². The van der Waals surface area contributed by atoms with Crippen LogP contribution in [0.2, 0.25) is 0 Å². The molecule has 0 radical (unpaired) electrons. The van der Waals surface area contributed by atoms with E-state index in [9.17, 15) is 8.42 Å². The molecule has 2 rings (SSSR count). The Kier molecular flexibility index (Phi) is 10.5. The van der Waals surface area contributed by atoms with Gasteiger partial charge in [0.05, 0.1) is 17.6 Å². The molecule has 0 spiro atoms. The molecule has 2 unspecified atom stereocenters. The van der Waals surface area contributed by atoms with Gasteiger partial charge in [-0.3, -0.25) is 4.99 Å². The predicted octanol–water partition coefficient (Wildman–Crippen LogP) is 2.51. The van der Waals surface area contributed by atoms with Gasteiger partial charge in [0.2, 0.25) is 0 Å². The Hall–Kier alpha value is -0.870. The molecular formula is C18H30IN3O3S. The van der Waals surface area contributed by atoms with Gasteiger partial charge in [0.15, 0.2) is 15.8 Å². The van der Waals surface area contributed by atoms with Crippen molar-refractivity contribution in [3.8, 4) is 0 Å². The lowest BCUT2D eigenvalue weighted by molar-refractivity contribution is 0.0652. The van der Waals surface area contributed by atoms with Crippen molar-refractivity contribution in [3.63, 3.8) is 0 Å². The van der Waals surface area contributed by atoms with Crippen molar-refractivity contribution >= 4 is 39.8 Å². The molecule has 148 valence electrons. The molecule has 1 fully saturated rings. The average molecular weight is 495 g/mol. The smallest absolute Gasteiger partial charge is 0.191 e. The normalized spacial score (nSPS) is 20.2.